The Balaban J connectivity index is 1.56. The van der Waals surface area contributed by atoms with Crippen LogP contribution in [-0.4, -0.2) is 21.0 Å². The molecule has 0 aliphatic heterocycles. The number of nitrogens with zero attached hydrogens (tertiary/aromatic N) is 1. The number of aromatic nitrogens is 2. The lowest BCUT2D eigenvalue weighted by Crippen LogP contribution is -1.84. The molecule has 0 saturated heterocycles. The number of hydrogen-bond acceptors (Lipinski definition) is 6. The van der Waals surface area contributed by atoms with E-state index in [0.717, 1.165) is 38.9 Å². The first-order valence-corrected chi connectivity index (χ1v) is 11.3. The molecule has 0 atom stereocenters. The largest absolute Gasteiger partial charge is 0.333 e. The second-order valence-electron chi connectivity index (χ2n) is 6.48. The van der Waals surface area contributed by atoms with Gasteiger partial charge < -0.3 is 4.98 Å². The minimum atomic E-state index is 0.823. The van der Waals surface area contributed by atoms with Crippen molar-refractivity contribution in [3.63, 3.8) is 0 Å². The molecule has 0 spiro atoms. The van der Waals surface area contributed by atoms with Crippen molar-refractivity contribution < 1.29 is 14.6 Å². The highest BCUT2D eigenvalue weighted by Crippen LogP contribution is 2.26. The molecule has 2 N–H and O–H groups in total. The average molecular weight is 399 g/mol. The van der Waals surface area contributed by atoms with Gasteiger partial charge in [-0.3, -0.25) is 0 Å². The van der Waals surface area contributed by atoms with Gasteiger partial charge in [0.1, 0.15) is 0 Å². The summed E-state index contributed by atoms with van der Waals surface area (Å²) in [5, 5.41) is 12.8. The van der Waals surface area contributed by atoms with E-state index in [2.05, 4.69) is 26.3 Å². The standard InChI is InChI=1S/C19H30N2O3S2/c1-2-3-4-5-6-7-8-9-10-11-14-25-19-20-17-13-12-16(26-24-23-22)15-18(17)21-19/h12-13,15,22H,2-11,14H2,1H3,(H,20,21). The summed E-state index contributed by atoms with van der Waals surface area (Å²) >= 11 is 2.73. The van der Waals surface area contributed by atoms with Gasteiger partial charge >= 0.3 is 0 Å². The smallest absolute Gasteiger partial charge is 0.166 e. The Kier molecular flexibility index (Phi) is 11.1. The summed E-state index contributed by atoms with van der Waals surface area (Å²) in [5.41, 5.74) is 1.90. The lowest BCUT2D eigenvalue weighted by molar-refractivity contribution is -0.432. The number of thioether (sulfide) groups is 1. The Morgan fingerprint density at radius 3 is 2.38 bits per heavy atom. The summed E-state index contributed by atoms with van der Waals surface area (Å²) in [6.45, 7) is 2.27. The number of H-pyrrole nitrogens is 1. The van der Waals surface area contributed by atoms with Gasteiger partial charge in [-0.15, -0.1) is 4.33 Å². The van der Waals surface area contributed by atoms with Gasteiger partial charge in [0.2, 0.25) is 0 Å². The fraction of sp³-hybridized carbons (Fsp3) is 0.632. The van der Waals surface area contributed by atoms with Crippen molar-refractivity contribution in [2.75, 3.05) is 5.75 Å². The molecule has 0 fully saturated rings. The van der Waals surface area contributed by atoms with Crippen LogP contribution in [0.15, 0.2) is 28.3 Å². The van der Waals surface area contributed by atoms with E-state index in [0.29, 0.717) is 0 Å². The summed E-state index contributed by atoms with van der Waals surface area (Å²) in [5.74, 6) is 1.10. The first-order chi connectivity index (χ1) is 12.8. The zero-order chi connectivity index (χ0) is 18.5. The zero-order valence-corrected chi connectivity index (χ0v) is 17.2. The first-order valence-electron chi connectivity index (χ1n) is 9.61. The van der Waals surface area contributed by atoms with Gasteiger partial charge in [0.05, 0.1) is 23.1 Å². The van der Waals surface area contributed by atoms with Crippen LogP contribution in [0.25, 0.3) is 11.0 Å². The van der Waals surface area contributed by atoms with Gasteiger partial charge in [0.25, 0.3) is 0 Å². The van der Waals surface area contributed by atoms with E-state index in [9.17, 15) is 0 Å². The minimum absolute atomic E-state index is 0.823. The molecular weight excluding hydrogens is 368 g/mol. The van der Waals surface area contributed by atoms with Crippen LogP contribution in [0.5, 0.6) is 0 Å². The molecular formula is C19H30N2O3S2. The average Bonchev–Trinajstić information content (AvgIpc) is 3.06. The number of fused-ring (bicyclic) bond motifs is 1. The highest BCUT2D eigenvalue weighted by Gasteiger charge is 2.05. The number of aromatic amines is 1. The van der Waals surface area contributed by atoms with Crippen LogP contribution in [-0.2, 0) is 9.37 Å². The van der Waals surface area contributed by atoms with Gasteiger partial charge in [0.15, 0.2) is 5.16 Å². The van der Waals surface area contributed by atoms with Crippen molar-refractivity contribution in [2.24, 2.45) is 0 Å². The maximum Gasteiger partial charge on any atom is 0.166 e. The van der Waals surface area contributed by atoms with E-state index >= 15 is 0 Å². The predicted molar refractivity (Wildman–Crippen MR) is 109 cm³/mol. The van der Waals surface area contributed by atoms with Crippen LogP contribution in [0.1, 0.15) is 71.1 Å². The van der Waals surface area contributed by atoms with Gasteiger partial charge in [0, 0.05) is 10.6 Å². The molecule has 0 radical (unpaired) electrons. The lowest BCUT2D eigenvalue weighted by Gasteiger charge is -2.02. The Bertz CT molecular complexity index is 622. The molecule has 1 aromatic heterocycles. The van der Waals surface area contributed by atoms with Gasteiger partial charge in [-0.1, -0.05) is 81.5 Å². The normalized spacial score (nSPS) is 11.5. The van der Waals surface area contributed by atoms with Crippen LogP contribution in [0.2, 0.25) is 0 Å². The summed E-state index contributed by atoms with van der Waals surface area (Å²) in [7, 11) is 0. The van der Waals surface area contributed by atoms with Crippen LogP contribution >= 0.6 is 23.8 Å². The Morgan fingerprint density at radius 1 is 1.00 bits per heavy atom. The van der Waals surface area contributed by atoms with E-state index in [1.807, 2.05) is 18.2 Å². The molecule has 2 aromatic rings. The Labute approximate surface area is 164 Å². The monoisotopic (exact) mass is 398 g/mol. The van der Waals surface area contributed by atoms with Gasteiger partial charge in [-0.05, 0) is 24.6 Å². The number of nitrogens with one attached hydrogen (secondary N) is 1. The van der Waals surface area contributed by atoms with Crippen molar-refractivity contribution in [3.8, 4) is 0 Å². The Morgan fingerprint density at radius 2 is 1.69 bits per heavy atom. The maximum absolute atomic E-state index is 8.21. The molecule has 7 heteroatoms. The van der Waals surface area contributed by atoms with E-state index in [1.54, 1.807) is 11.8 Å². The molecule has 146 valence electrons. The number of rotatable bonds is 15. The van der Waals surface area contributed by atoms with Crippen LogP contribution in [0, 0.1) is 0 Å². The van der Waals surface area contributed by atoms with E-state index in [4.69, 9.17) is 5.26 Å². The van der Waals surface area contributed by atoms with E-state index < -0.39 is 0 Å². The van der Waals surface area contributed by atoms with Crippen molar-refractivity contribution in [3.05, 3.63) is 18.2 Å². The first kappa shape index (κ1) is 21.6. The van der Waals surface area contributed by atoms with Crippen LogP contribution in [0.4, 0.5) is 0 Å². The molecule has 1 heterocycles. The highest BCUT2D eigenvalue weighted by atomic mass is 32.2. The van der Waals surface area contributed by atoms with E-state index in [-0.39, 0.29) is 0 Å². The molecule has 5 nitrogen and oxygen atoms in total. The zero-order valence-electron chi connectivity index (χ0n) is 15.5. The summed E-state index contributed by atoms with van der Waals surface area (Å²) < 4.78 is 4.45. The SMILES string of the molecule is CCCCCCCCCCCCSc1nc2cc(SOOO)ccc2[nH]1. The highest BCUT2D eigenvalue weighted by molar-refractivity contribution is 7.99. The summed E-state index contributed by atoms with van der Waals surface area (Å²) in [4.78, 5) is 8.76. The van der Waals surface area contributed by atoms with Gasteiger partial charge in [-0.25, -0.2) is 10.2 Å². The molecule has 0 aliphatic rings. The summed E-state index contributed by atoms with van der Waals surface area (Å²) in [6.07, 6.45) is 13.6. The van der Waals surface area contributed by atoms with Gasteiger partial charge in [-0.2, -0.15) is 0 Å². The number of unbranched alkanes of at least 4 members (excludes halogenated alkanes) is 9. The molecule has 0 unspecified atom stereocenters. The third kappa shape index (κ3) is 8.31. The number of hydrogen-bond donors (Lipinski definition) is 2. The molecule has 1 aromatic carbocycles. The molecule has 2 rings (SSSR count). The fourth-order valence-electron chi connectivity index (χ4n) is 2.90. The minimum Gasteiger partial charge on any atom is -0.333 e. The van der Waals surface area contributed by atoms with Crippen molar-refractivity contribution in [2.45, 2.75) is 81.2 Å². The van der Waals surface area contributed by atoms with Crippen LogP contribution < -0.4 is 0 Å². The molecule has 0 amide bonds. The Hall–Kier alpha value is -0.730. The quantitative estimate of drug-likeness (QED) is 0.111. The van der Waals surface area contributed by atoms with E-state index in [1.165, 1.54) is 64.2 Å². The van der Waals surface area contributed by atoms with Crippen molar-refractivity contribution >= 4 is 34.8 Å². The maximum atomic E-state index is 8.21. The molecule has 0 bridgehead atoms. The number of imidazole rings is 1. The second kappa shape index (κ2) is 13.4. The number of benzene rings is 1. The lowest BCUT2D eigenvalue weighted by atomic mass is 10.1. The third-order valence-electron chi connectivity index (χ3n) is 4.33. The predicted octanol–water partition coefficient (Wildman–Crippen LogP) is 7.00. The fourth-order valence-corrected chi connectivity index (χ4v) is 4.17. The molecule has 0 aliphatic carbocycles. The third-order valence-corrected chi connectivity index (χ3v) is 5.87. The van der Waals surface area contributed by atoms with Crippen molar-refractivity contribution in [1.82, 2.24) is 9.97 Å². The van der Waals surface area contributed by atoms with Crippen molar-refractivity contribution in [1.29, 1.82) is 0 Å². The molecule has 0 saturated carbocycles. The molecule has 26 heavy (non-hydrogen) atoms. The summed E-state index contributed by atoms with van der Waals surface area (Å²) in [6, 6.07) is 5.75. The van der Waals surface area contributed by atoms with Crippen LogP contribution in [0.3, 0.4) is 0 Å². The topological polar surface area (TPSA) is 67.4 Å². The second-order valence-corrected chi connectivity index (χ2v) is 8.34.